The van der Waals surface area contributed by atoms with Crippen molar-refractivity contribution in [1.82, 2.24) is 0 Å². The van der Waals surface area contributed by atoms with Gasteiger partial charge in [-0.25, -0.2) is 0 Å². The highest BCUT2D eigenvalue weighted by Crippen LogP contribution is 2.03. The van der Waals surface area contributed by atoms with Crippen LogP contribution in [0.4, 0.5) is 0 Å². The van der Waals surface area contributed by atoms with Gasteiger partial charge in [0, 0.05) is 13.5 Å². The summed E-state index contributed by atoms with van der Waals surface area (Å²) in [6, 6.07) is 10.0. The van der Waals surface area contributed by atoms with Crippen LogP contribution in [0, 0.1) is 0 Å². The molecule has 0 N–H and O–H groups in total. The summed E-state index contributed by atoms with van der Waals surface area (Å²) in [5.41, 5.74) is 1.16. The van der Waals surface area contributed by atoms with Crippen molar-refractivity contribution in [3.63, 3.8) is 0 Å². The van der Waals surface area contributed by atoms with Gasteiger partial charge in [-0.2, -0.15) is 0 Å². The zero-order valence-corrected chi connectivity index (χ0v) is 8.98. The molecular weight excluding hydrogens is 188 g/mol. The van der Waals surface area contributed by atoms with E-state index in [4.69, 9.17) is 4.74 Å². The first-order valence-corrected chi connectivity index (χ1v) is 5.05. The number of allylic oxidation sites excluding steroid dienone is 1. The quantitative estimate of drug-likeness (QED) is 0.712. The Kier molecular flexibility index (Phi) is 5.41. The van der Waals surface area contributed by atoms with Crippen LogP contribution in [0.25, 0.3) is 6.08 Å². The summed E-state index contributed by atoms with van der Waals surface area (Å²) in [4.78, 5) is 11.1. The largest absolute Gasteiger partial charge is 0.377 e. The number of ketones is 1. The molecule has 0 atom stereocenters. The summed E-state index contributed by atoms with van der Waals surface area (Å²) >= 11 is 0. The molecule has 2 nitrogen and oxygen atoms in total. The van der Waals surface area contributed by atoms with Crippen LogP contribution in [-0.4, -0.2) is 19.5 Å². The molecule has 0 amide bonds. The van der Waals surface area contributed by atoms with Gasteiger partial charge in [-0.1, -0.05) is 42.5 Å². The average Bonchev–Trinajstić information content (AvgIpc) is 2.26. The van der Waals surface area contributed by atoms with Crippen LogP contribution in [0.3, 0.4) is 0 Å². The van der Waals surface area contributed by atoms with Crippen LogP contribution in [0.1, 0.15) is 18.4 Å². The molecule has 0 aliphatic rings. The van der Waals surface area contributed by atoms with Gasteiger partial charge in [0.1, 0.15) is 6.61 Å². The number of carbonyl (C=O) groups excluding carboxylic acids is 1. The molecule has 1 aromatic carbocycles. The van der Waals surface area contributed by atoms with E-state index in [1.807, 2.05) is 42.5 Å². The van der Waals surface area contributed by atoms with Crippen LogP contribution >= 0.6 is 0 Å². The van der Waals surface area contributed by atoms with Crippen LogP contribution in [0.15, 0.2) is 36.4 Å². The molecule has 0 aromatic heterocycles. The van der Waals surface area contributed by atoms with Crippen LogP contribution in [0.2, 0.25) is 0 Å². The highest BCUT2D eigenvalue weighted by Gasteiger charge is 1.97. The maximum absolute atomic E-state index is 11.1. The second kappa shape index (κ2) is 6.96. The van der Waals surface area contributed by atoms with Gasteiger partial charge < -0.3 is 4.74 Å². The molecule has 0 radical (unpaired) electrons. The Morgan fingerprint density at radius 1 is 1.33 bits per heavy atom. The van der Waals surface area contributed by atoms with Gasteiger partial charge in [0.15, 0.2) is 5.78 Å². The normalized spacial score (nSPS) is 10.7. The predicted octanol–water partition coefficient (Wildman–Crippen LogP) is 2.70. The molecular formula is C13H16O2. The van der Waals surface area contributed by atoms with Gasteiger partial charge in [0.05, 0.1) is 0 Å². The molecule has 0 aliphatic heterocycles. The second-order valence-corrected chi connectivity index (χ2v) is 3.32. The number of Topliss-reactive ketones (excluding diaryl/α,β-unsaturated/α-hetero) is 1. The van der Waals surface area contributed by atoms with Crippen molar-refractivity contribution in [2.45, 2.75) is 12.8 Å². The molecule has 15 heavy (non-hydrogen) atoms. The van der Waals surface area contributed by atoms with Crippen LogP contribution in [0.5, 0.6) is 0 Å². The van der Waals surface area contributed by atoms with E-state index in [9.17, 15) is 4.79 Å². The number of rotatable bonds is 6. The van der Waals surface area contributed by atoms with Gasteiger partial charge in [0.25, 0.3) is 0 Å². The lowest BCUT2D eigenvalue weighted by atomic mass is 10.1. The van der Waals surface area contributed by atoms with E-state index in [2.05, 4.69) is 0 Å². The smallest absolute Gasteiger partial charge is 0.158 e. The molecule has 0 saturated heterocycles. The number of carbonyl (C=O) groups is 1. The van der Waals surface area contributed by atoms with Crippen molar-refractivity contribution in [3.8, 4) is 0 Å². The third-order valence-corrected chi connectivity index (χ3v) is 2.01. The van der Waals surface area contributed by atoms with Crippen molar-refractivity contribution in [3.05, 3.63) is 42.0 Å². The van der Waals surface area contributed by atoms with E-state index in [1.54, 1.807) is 0 Å². The molecule has 0 spiro atoms. The minimum absolute atomic E-state index is 0.148. The summed E-state index contributed by atoms with van der Waals surface area (Å²) in [5, 5.41) is 0. The highest BCUT2D eigenvalue weighted by atomic mass is 16.5. The zero-order valence-electron chi connectivity index (χ0n) is 8.98. The maximum atomic E-state index is 11.1. The Bertz CT molecular complexity index is 315. The Morgan fingerprint density at radius 3 is 2.73 bits per heavy atom. The fourth-order valence-electron chi connectivity index (χ4n) is 1.26. The van der Waals surface area contributed by atoms with Crippen molar-refractivity contribution in [1.29, 1.82) is 0 Å². The zero-order chi connectivity index (χ0) is 10.9. The third-order valence-electron chi connectivity index (χ3n) is 2.01. The standard InChI is InChI=1S/C13H16O2/c1-15-11-13(14)10-6-5-9-12-7-3-2-4-8-12/h2-5,7-9H,6,10-11H2,1H3. The fraction of sp³-hybridized carbons (Fsp3) is 0.308. The van der Waals surface area contributed by atoms with Crippen LogP contribution in [-0.2, 0) is 9.53 Å². The Hall–Kier alpha value is -1.41. The summed E-state index contributed by atoms with van der Waals surface area (Å²) < 4.78 is 4.75. The topological polar surface area (TPSA) is 26.3 Å². The number of ether oxygens (including phenoxy) is 1. The number of methoxy groups -OCH3 is 1. The van der Waals surface area contributed by atoms with Gasteiger partial charge in [-0.3, -0.25) is 4.79 Å². The van der Waals surface area contributed by atoms with E-state index in [1.165, 1.54) is 7.11 Å². The Balaban J connectivity index is 2.26. The first kappa shape index (κ1) is 11.7. The lowest BCUT2D eigenvalue weighted by Gasteiger charge is -1.95. The van der Waals surface area contributed by atoms with E-state index < -0.39 is 0 Å². The highest BCUT2D eigenvalue weighted by molar-refractivity contribution is 5.79. The molecule has 0 fully saturated rings. The van der Waals surface area contributed by atoms with E-state index >= 15 is 0 Å². The monoisotopic (exact) mass is 204 g/mol. The summed E-state index contributed by atoms with van der Waals surface area (Å²) in [7, 11) is 1.54. The van der Waals surface area contributed by atoms with Gasteiger partial charge >= 0.3 is 0 Å². The molecule has 0 unspecified atom stereocenters. The van der Waals surface area contributed by atoms with Crippen molar-refractivity contribution in [2.24, 2.45) is 0 Å². The van der Waals surface area contributed by atoms with Gasteiger partial charge in [-0.05, 0) is 12.0 Å². The summed E-state index contributed by atoms with van der Waals surface area (Å²) in [6.07, 6.45) is 5.37. The molecule has 2 heteroatoms. The van der Waals surface area contributed by atoms with Crippen LogP contribution < -0.4 is 0 Å². The van der Waals surface area contributed by atoms with E-state index in [-0.39, 0.29) is 12.4 Å². The molecule has 0 bridgehead atoms. The first-order valence-electron chi connectivity index (χ1n) is 5.05. The third kappa shape index (κ3) is 5.13. The number of benzene rings is 1. The summed E-state index contributed by atoms with van der Waals surface area (Å²) in [6.45, 7) is 0.221. The molecule has 0 heterocycles. The fourth-order valence-corrected chi connectivity index (χ4v) is 1.26. The molecule has 1 aromatic rings. The lowest BCUT2D eigenvalue weighted by Crippen LogP contribution is -2.04. The van der Waals surface area contributed by atoms with Gasteiger partial charge in [-0.15, -0.1) is 0 Å². The van der Waals surface area contributed by atoms with Crippen molar-refractivity contribution in [2.75, 3.05) is 13.7 Å². The average molecular weight is 204 g/mol. The Morgan fingerprint density at radius 2 is 2.07 bits per heavy atom. The number of hydrogen-bond donors (Lipinski definition) is 0. The SMILES string of the molecule is COCC(=O)CCC=Cc1ccccc1. The maximum Gasteiger partial charge on any atom is 0.158 e. The van der Waals surface area contributed by atoms with Gasteiger partial charge in [0.2, 0.25) is 0 Å². The minimum Gasteiger partial charge on any atom is -0.377 e. The lowest BCUT2D eigenvalue weighted by molar-refractivity contribution is -0.122. The summed E-state index contributed by atoms with van der Waals surface area (Å²) in [5.74, 6) is 0.148. The van der Waals surface area contributed by atoms with E-state index in [0.717, 1.165) is 12.0 Å². The van der Waals surface area contributed by atoms with E-state index in [0.29, 0.717) is 6.42 Å². The Labute approximate surface area is 90.6 Å². The van der Waals surface area contributed by atoms with Crippen molar-refractivity contribution >= 4 is 11.9 Å². The predicted molar refractivity (Wildman–Crippen MR) is 61.6 cm³/mol. The molecule has 0 saturated carbocycles. The first-order chi connectivity index (χ1) is 7.33. The molecule has 1 rings (SSSR count). The number of hydrogen-bond acceptors (Lipinski definition) is 2. The molecule has 80 valence electrons. The second-order valence-electron chi connectivity index (χ2n) is 3.32. The molecule has 0 aliphatic carbocycles. The minimum atomic E-state index is 0.148. The van der Waals surface area contributed by atoms with Crippen molar-refractivity contribution < 1.29 is 9.53 Å².